The molecule has 2 amide bonds. The zero-order chi connectivity index (χ0) is 17.8. The van der Waals surface area contributed by atoms with Gasteiger partial charge in [0.25, 0.3) is 0 Å². The summed E-state index contributed by atoms with van der Waals surface area (Å²) in [6.07, 6.45) is 1.63. The summed E-state index contributed by atoms with van der Waals surface area (Å²) in [6.45, 7) is 4.61. The van der Waals surface area contributed by atoms with E-state index in [0.717, 1.165) is 4.88 Å². The Morgan fingerprint density at radius 2 is 2.36 bits per heavy atom. The Hall–Kier alpha value is -2.22. The molecule has 0 radical (unpaired) electrons. The van der Waals surface area contributed by atoms with Crippen LogP contribution in [0, 0.1) is 5.92 Å². The van der Waals surface area contributed by atoms with E-state index in [9.17, 15) is 9.59 Å². The first-order valence-electron chi connectivity index (χ1n) is 8.44. The number of nitrogens with zero attached hydrogens (tertiary/aromatic N) is 3. The minimum absolute atomic E-state index is 0.0730. The fourth-order valence-corrected chi connectivity index (χ4v) is 3.60. The van der Waals surface area contributed by atoms with Gasteiger partial charge in [-0.05, 0) is 31.7 Å². The normalized spacial score (nSPS) is 18.0. The van der Waals surface area contributed by atoms with Crippen LogP contribution in [0.3, 0.4) is 0 Å². The molecule has 1 atom stereocenters. The lowest BCUT2D eigenvalue weighted by molar-refractivity contribution is -0.140. The van der Waals surface area contributed by atoms with Gasteiger partial charge in [-0.2, -0.15) is 4.98 Å². The van der Waals surface area contributed by atoms with Crippen molar-refractivity contribution in [3.05, 3.63) is 34.1 Å². The SMILES string of the molecule is CC(C)N1C[C@@H](C(=O)NCc2nc(Cc3cccs3)no2)CCC1=O. The molecule has 25 heavy (non-hydrogen) atoms. The number of piperidine rings is 1. The predicted molar refractivity (Wildman–Crippen MR) is 92.8 cm³/mol. The highest BCUT2D eigenvalue weighted by molar-refractivity contribution is 7.09. The number of hydrogen-bond acceptors (Lipinski definition) is 6. The van der Waals surface area contributed by atoms with E-state index >= 15 is 0 Å². The van der Waals surface area contributed by atoms with Gasteiger partial charge >= 0.3 is 0 Å². The number of carbonyl (C=O) groups excluding carboxylic acids is 2. The van der Waals surface area contributed by atoms with E-state index in [1.165, 1.54) is 0 Å². The van der Waals surface area contributed by atoms with E-state index in [1.54, 1.807) is 16.2 Å². The van der Waals surface area contributed by atoms with Crippen molar-refractivity contribution in [2.24, 2.45) is 5.92 Å². The number of hydrogen-bond donors (Lipinski definition) is 1. The van der Waals surface area contributed by atoms with Crippen LogP contribution in [-0.2, 0) is 22.6 Å². The van der Waals surface area contributed by atoms with Gasteiger partial charge < -0.3 is 14.7 Å². The lowest BCUT2D eigenvalue weighted by atomic mass is 9.95. The lowest BCUT2D eigenvalue weighted by Crippen LogP contribution is -2.48. The van der Waals surface area contributed by atoms with Gasteiger partial charge in [0.2, 0.25) is 17.7 Å². The minimum atomic E-state index is -0.186. The molecule has 134 valence electrons. The molecule has 3 heterocycles. The molecule has 1 fully saturated rings. The third-order valence-electron chi connectivity index (χ3n) is 4.27. The molecule has 1 saturated heterocycles. The summed E-state index contributed by atoms with van der Waals surface area (Å²) < 4.78 is 5.19. The van der Waals surface area contributed by atoms with Crippen molar-refractivity contribution in [1.82, 2.24) is 20.4 Å². The first-order chi connectivity index (χ1) is 12.0. The molecule has 7 nitrogen and oxygen atoms in total. The number of rotatable bonds is 6. The predicted octanol–water partition coefficient (Wildman–Crippen LogP) is 1.99. The quantitative estimate of drug-likeness (QED) is 0.849. The molecule has 1 aliphatic heterocycles. The van der Waals surface area contributed by atoms with Crippen LogP contribution in [0.1, 0.15) is 43.3 Å². The Morgan fingerprint density at radius 3 is 3.08 bits per heavy atom. The number of likely N-dealkylation sites (tertiary alicyclic amines) is 1. The standard InChI is InChI=1S/C17H22N4O3S/c1-11(2)21-10-12(5-6-16(21)22)17(23)18-9-15-19-14(20-24-15)8-13-4-3-7-25-13/h3-4,7,11-12H,5-6,8-10H2,1-2H3,(H,18,23)/t12-/m0/s1. The van der Waals surface area contributed by atoms with E-state index in [0.29, 0.717) is 37.5 Å². The van der Waals surface area contributed by atoms with Crippen LogP contribution in [0.15, 0.2) is 22.0 Å². The molecule has 8 heteroatoms. The van der Waals surface area contributed by atoms with Gasteiger partial charge in [-0.15, -0.1) is 11.3 Å². The van der Waals surface area contributed by atoms with Crippen LogP contribution in [0.25, 0.3) is 0 Å². The van der Waals surface area contributed by atoms with Crippen LogP contribution < -0.4 is 5.32 Å². The third kappa shape index (κ3) is 4.45. The van der Waals surface area contributed by atoms with E-state index < -0.39 is 0 Å². The Balaban J connectivity index is 1.50. The highest BCUT2D eigenvalue weighted by Crippen LogP contribution is 2.20. The molecular weight excluding hydrogens is 340 g/mol. The van der Waals surface area contributed by atoms with Crippen LogP contribution in [0.5, 0.6) is 0 Å². The summed E-state index contributed by atoms with van der Waals surface area (Å²) >= 11 is 1.64. The molecule has 0 aromatic carbocycles. The molecule has 2 aromatic rings. The smallest absolute Gasteiger partial charge is 0.246 e. The number of nitrogens with one attached hydrogen (secondary N) is 1. The number of carbonyl (C=O) groups is 2. The van der Waals surface area contributed by atoms with Crippen LogP contribution in [0.2, 0.25) is 0 Å². The maximum Gasteiger partial charge on any atom is 0.246 e. The van der Waals surface area contributed by atoms with E-state index in [1.807, 2.05) is 31.4 Å². The maximum atomic E-state index is 12.4. The fourth-order valence-electron chi connectivity index (χ4n) is 2.89. The molecule has 0 spiro atoms. The highest BCUT2D eigenvalue weighted by Gasteiger charge is 2.31. The van der Waals surface area contributed by atoms with E-state index in [4.69, 9.17) is 4.52 Å². The molecule has 0 unspecified atom stereocenters. The Morgan fingerprint density at radius 1 is 1.52 bits per heavy atom. The Kier molecular flexibility index (Phi) is 5.47. The van der Waals surface area contributed by atoms with Crippen molar-refractivity contribution >= 4 is 23.2 Å². The van der Waals surface area contributed by atoms with Crippen molar-refractivity contribution in [2.45, 2.75) is 45.7 Å². The second kappa shape index (κ2) is 7.77. The summed E-state index contributed by atoms with van der Waals surface area (Å²) in [5, 5.41) is 8.79. The molecule has 3 rings (SSSR count). The minimum Gasteiger partial charge on any atom is -0.347 e. The van der Waals surface area contributed by atoms with Gasteiger partial charge in [-0.1, -0.05) is 11.2 Å². The van der Waals surface area contributed by atoms with Gasteiger partial charge in [0, 0.05) is 30.3 Å². The van der Waals surface area contributed by atoms with E-state index in [-0.39, 0.29) is 30.3 Å². The Labute approximate surface area is 150 Å². The van der Waals surface area contributed by atoms with Crippen molar-refractivity contribution in [3.63, 3.8) is 0 Å². The molecule has 0 saturated carbocycles. The molecular formula is C17H22N4O3S. The summed E-state index contributed by atoms with van der Waals surface area (Å²) in [4.78, 5) is 31.5. The van der Waals surface area contributed by atoms with Crippen molar-refractivity contribution < 1.29 is 14.1 Å². The summed E-state index contributed by atoms with van der Waals surface area (Å²) in [7, 11) is 0. The average Bonchev–Trinajstić information content (AvgIpc) is 3.25. The molecule has 1 aliphatic rings. The van der Waals surface area contributed by atoms with Crippen LogP contribution >= 0.6 is 11.3 Å². The van der Waals surface area contributed by atoms with Gasteiger partial charge in [-0.25, -0.2) is 0 Å². The largest absolute Gasteiger partial charge is 0.347 e. The van der Waals surface area contributed by atoms with Gasteiger partial charge in [0.05, 0.1) is 12.5 Å². The van der Waals surface area contributed by atoms with Crippen molar-refractivity contribution in [2.75, 3.05) is 6.54 Å². The second-order valence-corrected chi connectivity index (χ2v) is 7.49. The topological polar surface area (TPSA) is 88.3 Å². The number of aromatic nitrogens is 2. The monoisotopic (exact) mass is 362 g/mol. The third-order valence-corrected chi connectivity index (χ3v) is 5.15. The molecule has 2 aromatic heterocycles. The number of amides is 2. The number of thiophene rings is 1. The Bertz CT molecular complexity index is 726. The van der Waals surface area contributed by atoms with Gasteiger partial charge in [0.1, 0.15) is 0 Å². The molecule has 1 N–H and O–H groups in total. The lowest BCUT2D eigenvalue weighted by Gasteiger charge is -2.34. The summed E-state index contributed by atoms with van der Waals surface area (Å²) in [5.74, 6) is 0.868. The fraction of sp³-hybridized carbons (Fsp3) is 0.529. The van der Waals surface area contributed by atoms with E-state index in [2.05, 4.69) is 15.5 Å². The first kappa shape index (κ1) is 17.6. The zero-order valence-corrected chi connectivity index (χ0v) is 15.2. The second-order valence-electron chi connectivity index (χ2n) is 6.45. The highest BCUT2D eigenvalue weighted by atomic mass is 32.1. The summed E-state index contributed by atoms with van der Waals surface area (Å²) in [5.41, 5.74) is 0. The van der Waals surface area contributed by atoms with Crippen LogP contribution in [0.4, 0.5) is 0 Å². The molecule has 0 bridgehead atoms. The summed E-state index contributed by atoms with van der Waals surface area (Å²) in [6, 6.07) is 4.11. The average molecular weight is 362 g/mol. The van der Waals surface area contributed by atoms with Crippen molar-refractivity contribution in [1.29, 1.82) is 0 Å². The molecule has 0 aliphatic carbocycles. The van der Waals surface area contributed by atoms with Gasteiger partial charge in [-0.3, -0.25) is 9.59 Å². The van der Waals surface area contributed by atoms with Crippen molar-refractivity contribution in [3.8, 4) is 0 Å². The first-order valence-corrected chi connectivity index (χ1v) is 9.32. The van der Waals surface area contributed by atoms with Crippen LogP contribution in [-0.4, -0.2) is 39.4 Å². The zero-order valence-electron chi connectivity index (χ0n) is 14.4. The maximum absolute atomic E-state index is 12.4. The van der Waals surface area contributed by atoms with Gasteiger partial charge in [0.15, 0.2) is 5.82 Å².